The Morgan fingerprint density at radius 1 is 1.11 bits per heavy atom. The van der Waals surface area contributed by atoms with Crippen LogP contribution in [0.2, 0.25) is 0 Å². The summed E-state index contributed by atoms with van der Waals surface area (Å²) < 4.78 is 0. The normalized spacial score (nSPS) is 34.6. The van der Waals surface area contributed by atoms with Crippen LogP contribution in [0, 0.1) is 34.0 Å². The van der Waals surface area contributed by atoms with Gasteiger partial charge in [0.05, 0.1) is 11.5 Å². The number of allylic oxidation sites excluding steroid dienone is 5. The fourth-order valence-corrected chi connectivity index (χ4v) is 7.76. The van der Waals surface area contributed by atoms with Gasteiger partial charge in [-0.1, -0.05) is 51.7 Å². The molecule has 0 heterocycles. The van der Waals surface area contributed by atoms with Crippen LogP contribution >= 0.6 is 0 Å². The van der Waals surface area contributed by atoms with Crippen LogP contribution in [-0.2, 0) is 9.59 Å². The van der Waals surface area contributed by atoms with E-state index in [9.17, 15) is 24.9 Å². The second-order valence-electron chi connectivity index (χ2n) is 12.9. The van der Waals surface area contributed by atoms with Gasteiger partial charge in [-0.2, -0.15) is 0 Å². The predicted molar refractivity (Wildman–Crippen MR) is 143 cm³/mol. The third-order valence-corrected chi connectivity index (χ3v) is 10.5. The lowest BCUT2D eigenvalue weighted by Gasteiger charge is -2.56. The molecule has 0 aromatic heterocycles. The topological polar surface area (TPSA) is 94.8 Å². The van der Waals surface area contributed by atoms with Crippen molar-refractivity contribution in [1.82, 2.24) is 0 Å². The van der Waals surface area contributed by atoms with Crippen LogP contribution in [0.15, 0.2) is 47.6 Å². The maximum absolute atomic E-state index is 12.5. The van der Waals surface area contributed by atoms with Crippen molar-refractivity contribution in [3.05, 3.63) is 47.6 Å². The van der Waals surface area contributed by atoms with E-state index in [0.717, 1.165) is 31.3 Å². The average Bonchev–Trinajstić information content (AvgIpc) is 3.03. The van der Waals surface area contributed by atoms with Crippen molar-refractivity contribution in [1.29, 1.82) is 0 Å². The maximum Gasteiger partial charge on any atom is 0.306 e. The Balaban J connectivity index is 1.99. The van der Waals surface area contributed by atoms with Gasteiger partial charge >= 0.3 is 11.9 Å². The molecule has 6 atom stereocenters. The first kappa shape index (κ1) is 28.4. The molecule has 0 aliphatic heterocycles. The van der Waals surface area contributed by atoms with Gasteiger partial charge in [-0.3, -0.25) is 9.59 Å². The summed E-state index contributed by atoms with van der Waals surface area (Å²) in [4.78, 5) is 24.1. The third kappa shape index (κ3) is 4.64. The number of carboxylic acids is 2. The Hall–Kier alpha value is -2.14. The van der Waals surface area contributed by atoms with E-state index >= 15 is 0 Å². The van der Waals surface area contributed by atoms with Gasteiger partial charge in [-0.05, 0) is 111 Å². The number of carboxylic acid groups (broad SMARTS) is 2. The number of fused-ring (bicyclic) bond motifs is 3. The Labute approximate surface area is 217 Å². The molecule has 0 radical (unpaired) electrons. The van der Waals surface area contributed by atoms with Crippen molar-refractivity contribution in [2.24, 2.45) is 34.0 Å². The summed E-state index contributed by atoms with van der Waals surface area (Å²) in [5.74, 6) is -1.85. The molecular weight excluding hydrogens is 452 g/mol. The fraction of sp³-hybridized carbons (Fsp3) is 0.677. The molecule has 0 unspecified atom stereocenters. The fourth-order valence-electron chi connectivity index (χ4n) is 7.76. The number of rotatable bonds is 10. The second kappa shape index (κ2) is 9.63. The monoisotopic (exact) mass is 498 g/mol. The Bertz CT molecular complexity index is 1010. The summed E-state index contributed by atoms with van der Waals surface area (Å²) in [6.07, 6.45) is 9.66. The lowest BCUT2D eigenvalue weighted by atomic mass is 9.48. The molecule has 3 N–H and O–H groups in total. The number of carbonyl (C=O) groups is 2. The Morgan fingerprint density at radius 3 is 2.28 bits per heavy atom. The molecule has 1 saturated carbocycles. The Morgan fingerprint density at radius 2 is 1.75 bits per heavy atom. The first-order chi connectivity index (χ1) is 16.5. The second-order valence-corrected chi connectivity index (χ2v) is 12.9. The number of aliphatic carboxylic acids is 2. The highest BCUT2D eigenvalue weighted by Gasteiger charge is 2.62. The molecule has 5 heteroatoms. The van der Waals surface area contributed by atoms with Gasteiger partial charge < -0.3 is 15.3 Å². The molecule has 36 heavy (non-hydrogen) atoms. The smallest absolute Gasteiger partial charge is 0.306 e. The maximum atomic E-state index is 12.5. The molecule has 3 aliphatic rings. The van der Waals surface area contributed by atoms with Gasteiger partial charge in [0.25, 0.3) is 0 Å². The van der Waals surface area contributed by atoms with Crippen LogP contribution in [0.4, 0.5) is 0 Å². The molecule has 0 bridgehead atoms. The van der Waals surface area contributed by atoms with Crippen LogP contribution in [0.1, 0.15) is 92.9 Å². The van der Waals surface area contributed by atoms with Gasteiger partial charge in [0.2, 0.25) is 0 Å². The summed E-state index contributed by atoms with van der Waals surface area (Å²) in [5, 5.41) is 30.1. The largest absolute Gasteiger partial charge is 0.481 e. The standard InChI is InChI=1S/C31H46O5/c1-19(2)22-11-12-25-24(29(22,6)16-15-26(32)33)14-18-30(7)23(13-17-31(25,30)8)21(27(34)35)10-9-20(3)28(4,5)36/h12,14,21-23,36H,1,3,9-11,13,15-18H2,2,4-8H3,(H,32,33)(H,34,35)/t21-,22-,23+,29-,30+,31-/m0/s1. The molecule has 5 nitrogen and oxygen atoms in total. The van der Waals surface area contributed by atoms with Gasteiger partial charge in [-0.15, -0.1) is 0 Å². The number of hydrogen-bond acceptors (Lipinski definition) is 3. The summed E-state index contributed by atoms with van der Waals surface area (Å²) in [7, 11) is 0. The highest BCUT2D eigenvalue weighted by Crippen LogP contribution is 2.70. The van der Waals surface area contributed by atoms with Gasteiger partial charge in [0, 0.05) is 6.42 Å². The minimum atomic E-state index is -1.02. The van der Waals surface area contributed by atoms with Crippen molar-refractivity contribution in [2.75, 3.05) is 0 Å². The molecule has 1 fully saturated rings. The van der Waals surface area contributed by atoms with Crippen LogP contribution in [0.5, 0.6) is 0 Å². The highest BCUT2D eigenvalue weighted by atomic mass is 16.4. The SMILES string of the molecule is C=C(C)[C@@H]1CC=C2C(=CC[C@]3(C)[C@@H]([C@H](CCC(=C)C(C)(C)O)C(=O)O)CC[C@@]23C)[C@@]1(C)CCC(=O)O. The van der Waals surface area contributed by atoms with Crippen molar-refractivity contribution >= 4 is 11.9 Å². The van der Waals surface area contributed by atoms with Crippen LogP contribution < -0.4 is 0 Å². The first-order valence-electron chi connectivity index (χ1n) is 13.4. The van der Waals surface area contributed by atoms with E-state index in [2.05, 4.69) is 46.1 Å². The van der Waals surface area contributed by atoms with E-state index in [-0.39, 0.29) is 34.5 Å². The minimum absolute atomic E-state index is 0.0115. The predicted octanol–water partition coefficient (Wildman–Crippen LogP) is 6.94. The van der Waals surface area contributed by atoms with Crippen LogP contribution in [-0.4, -0.2) is 32.9 Å². The molecule has 0 saturated heterocycles. The average molecular weight is 499 g/mol. The molecular formula is C31H46O5. The molecule has 3 aliphatic carbocycles. The van der Waals surface area contributed by atoms with E-state index in [1.165, 1.54) is 11.1 Å². The third-order valence-electron chi connectivity index (χ3n) is 10.5. The number of hydrogen-bond donors (Lipinski definition) is 3. The zero-order valence-electron chi connectivity index (χ0n) is 23.1. The number of aliphatic hydroxyl groups is 1. The molecule has 0 spiro atoms. The first-order valence-corrected chi connectivity index (χ1v) is 13.4. The molecule has 0 aromatic rings. The minimum Gasteiger partial charge on any atom is -0.481 e. The van der Waals surface area contributed by atoms with Gasteiger partial charge in [0.15, 0.2) is 0 Å². The van der Waals surface area contributed by atoms with Gasteiger partial charge in [0.1, 0.15) is 0 Å². The van der Waals surface area contributed by atoms with Crippen LogP contribution in [0.25, 0.3) is 0 Å². The van der Waals surface area contributed by atoms with Crippen molar-refractivity contribution in [3.63, 3.8) is 0 Å². The van der Waals surface area contributed by atoms with E-state index in [1.807, 2.05) is 6.92 Å². The van der Waals surface area contributed by atoms with Crippen molar-refractivity contribution in [2.45, 2.75) is 98.5 Å². The Kier molecular flexibility index (Phi) is 7.60. The molecule has 0 amide bonds. The molecule has 3 rings (SSSR count). The van der Waals surface area contributed by atoms with E-state index in [0.29, 0.717) is 24.8 Å². The van der Waals surface area contributed by atoms with Crippen molar-refractivity contribution in [3.8, 4) is 0 Å². The quantitative estimate of drug-likeness (QED) is 0.284. The lowest BCUT2D eigenvalue weighted by Crippen LogP contribution is -2.48. The molecule has 200 valence electrons. The summed E-state index contributed by atoms with van der Waals surface area (Å²) in [5.41, 5.74) is 2.60. The highest BCUT2D eigenvalue weighted by molar-refractivity contribution is 5.71. The van der Waals surface area contributed by atoms with E-state index in [4.69, 9.17) is 0 Å². The van der Waals surface area contributed by atoms with Crippen molar-refractivity contribution < 1.29 is 24.9 Å². The summed E-state index contributed by atoms with van der Waals surface area (Å²) >= 11 is 0. The summed E-state index contributed by atoms with van der Waals surface area (Å²) in [6, 6.07) is 0. The summed E-state index contributed by atoms with van der Waals surface area (Å²) in [6.45, 7) is 20.5. The zero-order valence-corrected chi connectivity index (χ0v) is 23.1. The zero-order chi connectivity index (χ0) is 27.3. The lowest BCUT2D eigenvalue weighted by molar-refractivity contribution is -0.146. The van der Waals surface area contributed by atoms with E-state index < -0.39 is 23.5 Å². The van der Waals surface area contributed by atoms with Gasteiger partial charge in [-0.25, -0.2) is 0 Å². The van der Waals surface area contributed by atoms with E-state index in [1.54, 1.807) is 13.8 Å². The van der Waals surface area contributed by atoms with Crippen LogP contribution in [0.3, 0.4) is 0 Å². The molecule has 0 aromatic carbocycles.